The van der Waals surface area contributed by atoms with E-state index in [0.29, 0.717) is 11.3 Å². The van der Waals surface area contributed by atoms with Crippen LogP contribution in [0.2, 0.25) is 0 Å². The van der Waals surface area contributed by atoms with Crippen LogP contribution in [0, 0.1) is 6.07 Å². The first-order chi connectivity index (χ1) is 8.09. The van der Waals surface area contributed by atoms with Crippen LogP contribution < -0.4 is 4.74 Å². The zero-order valence-corrected chi connectivity index (χ0v) is 9.68. The monoisotopic (exact) mass is 235 g/mol. The highest BCUT2D eigenvalue weighted by atomic mass is 16.5. The Hall–Kier alpha value is -1.81. The average molecular weight is 235 g/mol. The second-order valence-corrected chi connectivity index (χ2v) is 3.58. The molecule has 1 rings (SSSR count). The molecule has 0 aliphatic carbocycles. The van der Waals surface area contributed by atoms with Crippen molar-refractivity contribution in [3.63, 3.8) is 0 Å². The summed E-state index contributed by atoms with van der Waals surface area (Å²) >= 11 is 0. The maximum absolute atomic E-state index is 11.0. The number of rotatable bonds is 6. The first-order valence-electron chi connectivity index (χ1n) is 5.19. The van der Waals surface area contributed by atoms with E-state index in [1.54, 1.807) is 31.2 Å². The maximum Gasteiger partial charge on any atom is 0.333 e. The summed E-state index contributed by atoms with van der Waals surface area (Å²) in [5, 5.41) is 9.50. The third-order valence-corrected chi connectivity index (χ3v) is 1.89. The predicted molar refractivity (Wildman–Crippen MR) is 62.6 cm³/mol. The van der Waals surface area contributed by atoms with Gasteiger partial charge in [0.1, 0.15) is 25.1 Å². The minimum atomic E-state index is -0.859. The lowest BCUT2D eigenvalue weighted by Gasteiger charge is -2.12. The van der Waals surface area contributed by atoms with Gasteiger partial charge >= 0.3 is 5.97 Å². The highest BCUT2D eigenvalue weighted by Gasteiger charge is 2.09. The minimum absolute atomic E-state index is 0.0630. The largest absolute Gasteiger partial charge is 0.491 e. The van der Waals surface area contributed by atoms with Gasteiger partial charge in [-0.15, -0.1) is 0 Å². The molecule has 0 saturated heterocycles. The molecule has 91 valence electrons. The van der Waals surface area contributed by atoms with Gasteiger partial charge in [0.15, 0.2) is 0 Å². The van der Waals surface area contributed by atoms with E-state index in [1.807, 2.05) is 0 Å². The van der Waals surface area contributed by atoms with E-state index < -0.39 is 12.1 Å². The Bertz CT molecular complexity index is 372. The Kier molecular flexibility index (Phi) is 5.23. The van der Waals surface area contributed by atoms with Crippen molar-refractivity contribution in [3.05, 3.63) is 42.5 Å². The molecule has 1 aromatic carbocycles. The highest BCUT2D eigenvalue weighted by Crippen LogP contribution is 2.08. The molecule has 0 aliphatic heterocycles. The summed E-state index contributed by atoms with van der Waals surface area (Å²) in [6, 6.07) is 9.73. The molecule has 4 nitrogen and oxygen atoms in total. The number of aliphatic hydroxyl groups excluding tert-OH is 1. The molecule has 0 bridgehead atoms. The van der Waals surface area contributed by atoms with Crippen molar-refractivity contribution in [2.75, 3.05) is 13.2 Å². The van der Waals surface area contributed by atoms with Gasteiger partial charge in [-0.25, -0.2) is 4.79 Å². The van der Waals surface area contributed by atoms with Gasteiger partial charge < -0.3 is 14.6 Å². The summed E-state index contributed by atoms with van der Waals surface area (Å²) in [7, 11) is 0. The molecule has 0 fully saturated rings. The van der Waals surface area contributed by atoms with Crippen LogP contribution in [0.25, 0.3) is 0 Å². The fourth-order valence-corrected chi connectivity index (χ4v) is 1.00. The molecule has 1 unspecified atom stereocenters. The molecule has 0 aromatic heterocycles. The lowest BCUT2D eigenvalue weighted by atomic mass is 10.3. The molecule has 17 heavy (non-hydrogen) atoms. The second kappa shape index (κ2) is 6.70. The number of aliphatic hydroxyl groups is 1. The van der Waals surface area contributed by atoms with Crippen LogP contribution in [0.4, 0.5) is 0 Å². The van der Waals surface area contributed by atoms with E-state index in [0.717, 1.165) is 0 Å². The third kappa shape index (κ3) is 5.17. The Morgan fingerprint density at radius 1 is 1.47 bits per heavy atom. The van der Waals surface area contributed by atoms with Crippen molar-refractivity contribution >= 4 is 5.97 Å². The van der Waals surface area contributed by atoms with Crippen molar-refractivity contribution in [3.8, 4) is 5.75 Å². The Labute approximate surface area is 100 Å². The van der Waals surface area contributed by atoms with Crippen LogP contribution in [0.5, 0.6) is 5.75 Å². The highest BCUT2D eigenvalue weighted by molar-refractivity contribution is 5.86. The molecule has 0 saturated carbocycles. The number of hydrogen-bond acceptors (Lipinski definition) is 4. The number of benzene rings is 1. The van der Waals surface area contributed by atoms with Gasteiger partial charge in [-0.2, -0.15) is 0 Å². The molecule has 0 amide bonds. The van der Waals surface area contributed by atoms with E-state index in [9.17, 15) is 9.90 Å². The summed E-state index contributed by atoms with van der Waals surface area (Å²) in [5.41, 5.74) is 0.303. The molecular weight excluding hydrogens is 220 g/mol. The zero-order valence-electron chi connectivity index (χ0n) is 9.68. The van der Waals surface area contributed by atoms with E-state index in [2.05, 4.69) is 12.6 Å². The average Bonchev–Trinajstić information content (AvgIpc) is 2.34. The summed E-state index contributed by atoms with van der Waals surface area (Å²) in [6.45, 7) is 4.94. The summed E-state index contributed by atoms with van der Waals surface area (Å²) < 4.78 is 10.1. The molecule has 4 heteroatoms. The molecule has 1 aromatic rings. The van der Waals surface area contributed by atoms with Gasteiger partial charge in [0.25, 0.3) is 0 Å². The number of carbonyl (C=O) groups excluding carboxylic acids is 1. The molecular formula is C13H15O4. The first-order valence-corrected chi connectivity index (χ1v) is 5.19. The lowest BCUT2D eigenvalue weighted by molar-refractivity contribution is -0.142. The van der Waals surface area contributed by atoms with Crippen LogP contribution in [-0.4, -0.2) is 30.4 Å². The van der Waals surface area contributed by atoms with E-state index in [4.69, 9.17) is 9.47 Å². The summed E-state index contributed by atoms with van der Waals surface area (Å²) in [4.78, 5) is 11.0. The van der Waals surface area contributed by atoms with Gasteiger partial charge in [0, 0.05) is 5.57 Å². The van der Waals surface area contributed by atoms with Gasteiger partial charge in [0.2, 0.25) is 0 Å². The Morgan fingerprint density at radius 3 is 2.71 bits per heavy atom. The summed E-state index contributed by atoms with van der Waals surface area (Å²) in [5.74, 6) is 0.118. The standard InChI is InChI=1S/C13H15O4/c1-10(2)13(15)17-9-11(14)8-16-12-6-4-3-5-7-12/h4-7,11,14H,1,8-9H2,2H3. The minimum Gasteiger partial charge on any atom is -0.491 e. The van der Waals surface area contributed by atoms with Crippen LogP contribution >= 0.6 is 0 Å². The number of hydrogen-bond donors (Lipinski definition) is 1. The van der Waals surface area contributed by atoms with Crippen molar-refractivity contribution in [1.29, 1.82) is 0 Å². The lowest BCUT2D eigenvalue weighted by Crippen LogP contribution is -2.25. The van der Waals surface area contributed by atoms with Crippen LogP contribution in [0.1, 0.15) is 6.92 Å². The van der Waals surface area contributed by atoms with Crippen molar-refractivity contribution in [1.82, 2.24) is 0 Å². The quantitative estimate of drug-likeness (QED) is 0.597. The SMILES string of the molecule is C=C(C)C(=O)OCC(O)COc1cc[c]cc1. The van der Waals surface area contributed by atoms with Crippen LogP contribution in [0.15, 0.2) is 36.4 Å². The Balaban J connectivity index is 2.24. The summed E-state index contributed by atoms with van der Waals surface area (Å²) in [6.07, 6.45) is -0.859. The predicted octanol–water partition coefficient (Wildman–Crippen LogP) is 1.35. The van der Waals surface area contributed by atoms with Crippen molar-refractivity contribution in [2.24, 2.45) is 0 Å². The normalized spacial score (nSPS) is 11.6. The van der Waals surface area contributed by atoms with Crippen molar-refractivity contribution in [2.45, 2.75) is 13.0 Å². The van der Waals surface area contributed by atoms with E-state index >= 15 is 0 Å². The number of ether oxygens (including phenoxy) is 2. The second-order valence-electron chi connectivity index (χ2n) is 3.58. The van der Waals surface area contributed by atoms with E-state index in [-0.39, 0.29) is 13.2 Å². The van der Waals surface area contributed by atoms with Gasteiger partial charge in [-0.1, -0.05) is 18.7 Å². The molecule has 1 radical (unpaired) electrons. The van der Waals surface area contributed by atoms with Gasteiger partial charge in [-0.05, 0) is 25.1 Å². The number of carbonyl (C=O) groups is 1. The van der Waals surface area contributed by atoms with E-state index in [1.165, 1.54) is 0 Å². The molecule has 0 aliphatic rings. The van der Waals surface area contributed by atoms with Gasteiger partial charge in [-0.3, -0.25) is 0 Å². The van der Waals surface area contributed by atoms with Crippen LogP contribution in [-0.2, 0) is 9.53 Å². The first kappa shape index (κ1) is 13.3. The smallest absolute Gasteiger partial charge is 0.333 e. The fourth-order valence-electron chi connectivity index (χ4n) is 1.00. The Morgan fingerprint density at radius 2 is 2.12 bits per heavy atom. The van der Waals surface area contributed by atoms with Crippen molar-refractivity contribution < 1.29 is 19.4 Å². The topological polar surface area (TPSA) is 55.8 Å². The molecule has 0 heterocycles. The number of esters is 1. The molecule has 1 N–H and O–H groups in total. The maximum atomic E-state index is 11.0. The molecule has 0 spiro atoms. The molecule has 1 atom stereocenters. The van der Waals surface area contributed by atoms with Gasteiger partial charge in [0.05, 0.1) is 0 Å². The van der Waals surface area contributed by atoms with Crippen LogP contribution in [0.3, 0.4) is 0 Å². The fraction of sp³-hybridized carbons (Fsp3) is 0.308. The third-order valence-electron chi connectivity index (χ3n) is 1.89. The zero-order chi connectivity index (χ0) is 12.7.